The van der Waals surface area contributed by atoms with Crippen LogP contribution in [0.5, 0.6) is 0 Å². The van der Waals surface area contributed by atoms with Gasteiger partial charge in [-0.25, -0.2) is 4.39 Å². The molecule has 0 radical (unpaired) electrons. The summed E-state index contributed by atoms with van der Waals surface area (Å²) in [5, 5.41) is 0.743. The van der Waals surface area contributed by atoms with Crippen LogP contribution in [0, 0.1) is 5.82 Å². The molecule has 1 nitrogen and oxygen atoms in total. The minimum atomic E-state index is -0.237. The van der Waals surface area contributed by atoms with Gasteiger partial charge in [-0.1, -0.05) is 29.8 Å². The molecule has 0 saturated heterocycles. The SMILES string of the molecule is CC(c1cccc(Cl)c1)N(C)Cc1ccc(F)c(Br)c1. The molecule has 1 atom stereocenters. The Morgan fingerprint density at radius 2 is 2.00 bits per heavy atom. The summed E-state index contributed by atoms with van der Waals surface area (Å²) in [5.74, 6) is -0.237. The van der Waals surface area contributed by atoms with Crippen molar-refractivity contribution in [3.05, 3.63) is 68.9 Å². The average Bonchev–Trinajstić information content (AvgIpc) is 2.42. The van der Waals surface area contributed by atoms with Gasteiger partial charge in [-0.2, -0.15) is 0 Å². The van der Waals surface area contributed by atoms with Gasteiger partial charge in [0.15, 0.2) is 0 Å². The molecule has 1 unspecified atom stereocenters. The van der Waals surface area contributed by atoms with Crippen molar-refractivity contribution in [2.24, 2.45) is 0 Å². The fourth-order valence-electron chi connectivity index (χ4n) is 2.08. The molecule has 2 aromatic carbocycles. The smallest absolute Gasteiger partial charge is 0.137 e. The molecule has 0 spiro atoms. The van der Waals surface area contributed by atoms with Crippen molar-refractivity contribution in [1.82, 2.24) is 4.90 Å². The van der Waals surface area contributed by atoms with Crippen LogP contribution in [0.1, 0.15) is 24.1 Å². The van der Waals surface area contributed by atoms with Crippen LogP contribution >= 0.6 is 27.5 Å². The Bertz CT molecular complexity index is 603. The largest absolute Gasteiger partial charge is 0.295 e. The predicted octanol–water partition coefficient (Wildman–Crippen LogP) is 5.43. The first-order valence-electron chi connectivity index (χ1n) is 6.37. The summed E-state index contributed by atoms with van der Waals surface area (Å²) in [7, 11) is 2.04. The van der Waals surface area contributed by atoms with E-state index < -0.39 is 0 Å². The van der Waals surface area contributed by atoms with Gasteiger partial charge in [-0.05, 0) is 65.3 Å². The first kappa shape index (κ1) is 15.5. The Balaban J connectivity index is 2.11. The lowest BCUT2D eigenvalue weighted by Gasteiger charge is -2.25. The lowest BCUT2D eigenvalue weighted by atomic mass is 10.1. The second-order valence-corrected chi connectivity index (χ2v) is 6.19. The fraction of sp³-hybridized carbons (Fsp3) is 0.250. The van der Waals surface area contributed by atoms with Crippen molar-refractivity contribution in [2.45, 2.75) is 19.5 Å². The zero-order valence-corrected chi connectivity index (χ0v) is 13.7. The molecular formula is C16H16BrClFN. The van der Waals surface area contributed by atoms with E-state index in [1.165, 1.54) is 11.6 Å². The molecule has 0 aliphatic carbocycles. The van der Waals surface area contributed by atoms with E-state index in [1.54, 1.807) is 6.07 Å². The van der Waals surface area contributed by atoms with Gasteiger partial charge in [0, 0.05) is 17.6 Å². The minimum Gasteiger partial charge on any atom is -0.295 e. The number of benzene rings is 2. The van der Waals surface area contributed by atoms with E-state index in [9.17, 15) is 4.39 Å². The van der Waals surface area contributed by atoms with Crippen LogP contribution < -0.4 is 0 Å². The lowest BCUT2D eigenvalue weighted by Crippen LogP contribution is -2.21. The molecular weight excluding hydrogens is 341 g/mol. The van der Waals surface area contributed by atoms with Crippen molar-refractivity contribution < 1.29 is 4.39 Å². The average molecular weight is 357 g/mol. The Labute approximate surface area is 132 Å². The molecule has 0 heterocycles. The van der Waals surface area contributed by atoms with Crippen molar-refractivity contribution in [3.63, 3.8) is 0 Å². The van der Waals surface area contributed by atoms with Crippen LogP contribution in [-0.4, -0.2) is 11.9 Å². The molecule has 2 aromatic rings. The Kier molecular flexibility index (Phi) is 5.19. The highest BCUT2D eigenvalue weighted by atomic mass is 79.9. The molecule has 0 aromatic heterocycles. The van der Waals surface area contributed by atoms with Crippen LogP contribution in [0.4, 0.5) is 4.39 Å². The minimum absolute atomic E-state index is 0.234. The summed E-state index contributed by atoms with van der Waals surface area (Å²) in [6.45, 7) is 2.87. The molecule has 20 heavy (non-hydrogen) atoms. The van der Waals surface area contributed by atoms with Gasteiger partial charge < -0.3 is 0 Å². The van der Waals surface area contributed by atoms with Crippen molar-refractivity contribution in [2.75, 3.05) is 7.05 Å². The van der Waals surface area contributed by atoms with Crippen molar-refractivity contribution in [1.29, 1.82) is 0 Å². The third kappa shape index (κ3) is 3.81. The maximum atomic E-state index is 13.2. The summed E-state index contributed by atoms with van der Waals surface area (Å²) in [6, 6.07) is 13.2. The summed E-state index contributed by atoms with van der Waals surface area (Å²) in [5.41, 5.74) is 2.23. The highest BCUT2D eigenvalue weighted by molar-refractivity contribution is 9.10. The zero-order valence-electron chi connectivity index (χ0n) is 11.4. The first-order chi connectivity index (χ1) is 9.47. The molecule has 0 aliphatic heterocycles. The van der Waals surface area contributed by atoms with E-state index in [0.29, 0.717) is 4.47 Å². The summed E-state index contributed by atoms with van der Waals surface area (Å²) >= 11 is 9.24. The Hall–Kier alpha value is -0.900. The van der Waals surface area contributed by atoms with Crippen molar-refractivity contribution in [3.8, 4) is 0 Å². The molecule has 0 N–H and O–H groups in total. The maximum absolute atomic E-state index is 13.2. The maximum Gasteiger partial charge on any atom is 0.137 e. The van der Waals surface area contributed by atoms with Gasteiger partial charge in [0.1, 0.15) is 5.82 Å². The standard InChI is InChI=1S/C16H16BrClFN/c1-11(13-4-3-5-14(18)9-13)20(2)10-12-6-7-16(19)15(17)8-12/h3-9,11H,10H2,1-2H3. The van der Waals surface area contributed by atoms with Crippen LogP contribution in [0.2, 0.25) is 5.02 Å². The Morgan fingerprint density at radius 3 is 2.65 bits per heavy atom. The number of hydrogen-bond acceptors (Lipinski definition) is 1. The molecule has 0 amide bonds. The Morgan fingerprint density at radius 1 is 1.25 bits per heavy atom. The van der Waals surface area contributed by atoms with Crippen LogP contribution in [-0.2, 0) is 6.54 Å². The third-order valence-corrected chi connectivity index (χ3v) is 4.25. The van der Waals surface area contributed by atoms with E-state index in [0.717, 1.165) is 17.1 Å². The fourth-order valence-corrected chi connectivity index (χ4v) is 2.71. The van der Waals surface area contributed by atoms with E-state index in [2.05, 4.69) is 33.8 Å². The lowest BCUT2D eigenvalue weighted by molar-refractivity contribution is 0.253. The quantitative estimate of drug-likeness (QED) is 0.705. The van der Waals surface area contributed by atoms with Crippen LogP contribution in [0.15, 0.2) is 46.9 Å². The highest BCUT2D eigenvalue weighted by Gasteiger charge is 2.13. The first-order valence-corrected chi connectivity index (χ1v) is 7.54. The van der Waals surface area contributed by atoms with Gasteiger partial charge >= 0.3 is 0 Å². The van der Waals surface area contributed by atoms with Gasteiger partial charge in [0.25, 0.3) is 0 Å². The van der Waals surface area contributed by atoms with Crippen molar-refractivity contribution >= 4 is 27.5 Å². The number of hydrogen-bond donors (Lipinski definition) is 0. The number of nitrogens with zero attached hydrogens (tertiary/aromatic N) is 1. The molecule has 0 aliphatic rings. The monoisotopic (exact) mass is 355 g/mol. The van der Waals surface area contributed by atoms with E-state index in [1.807, 2.05) is 31.3 Å². The highest BCUT2D eigenvalue weighted by Crippen LogP contribution is 2.24. The number of halogens is 3. The van der Waals surface area contributed by atoms with E-state index >= 15 is 0 Å². The van der Waals surface area contributed by atoms with Gasteiger partial charge in [-0.15, -0.1) is 0 Å². The summed E-state index contributed by atoms with van der Waals surface area (Å²) in [4.78, 5) is 2.20. The molecule has 4 heteroatoms. The zero-order chi connectivity index (χ0) is 14.7. The topological polar surface area (TPSA) is 3.24 Å². The molecule has 0 fully saturated rings. The predicted molar refractivity (Wildman–Crippen MR) is 85.4 cm³/mol. The number of rotatable bonds is 4. The summed E-state index contributed by atoms with van der Waals surface area (Å²) in [6.07, 6.45) is 0. The second-order valence-electron chi connectivity index (χ2n) is 4.89. The van der Waals surface area contributed by atoms with E-state index in [4.69, 9.17) is 11.6 Å². The normalized spacial score (nSPS) is 12.7. The van der Waals surface area contributed by atoms with E-state index in [-0.39, 0.29) is 11.9 Å². The summed E-state index contributed by atoms with van der Waals surface area (Å²) < 4.78 is 13.7. The van der Waals surface area contributed by atoms with Gasteiger partial charge in [-0.3, -0.25) is 4.90 Å². The van der Waals surface area contributed by atoms with Crippen LogP contribution in [0.25, 0.3) is 0 Å². The molecule has 2 rings (SSSR count). The van der Waals surface area contributed by atoms with Gasteiger partial charge in [0.2, 0.25) is 0 Å². The molecule has 0 bridgehead atoms. The second kappa shape index (κ2) is 6.70. The molecule has 106 valence electrons. The van der Waals surface area contributed by atoms with Crippen LogP contribution in [0.3, 0.4) is 0 Å². The van der Waals surface area contributed by atoms with Gasteiger partial charge in [0.05, 0.1) is 4.47 Å². The molecule has 0 saturated carbocycles. The third-order valence-electron chi connectivity index (χ3n) is 3.41.